The Bertz CT molecular complexity index is 1200. The average molecular weight is 501 g/mol. The number of carbonyl (C=O) groups excluding carboxylic acids is 2. The van der Waals surface area contributed by atoms with Crippen LogP contribution in [-0.2, 0) is 16.0 Å². The third-order valence-corrected chi connectivity index (χ3v) is 5.28. The van der Waals surface area contributed by atoms with E-state index >= 15 is 0 Å². The summed E-state index contributed by atoms with van der Waals surface area (Å²) in [5.74, 6) is -1.57. The van der Waals surface area contributed by atoms with Crippen LogP contribution in [0.25, 0.3) is 11.3 Å². The molecule has 3 heterocycles. The number of Topliss-reactive ketones (excluding diaryl/α,β-unsaturated/α-hetero) is 1. The second-order valence-corrected chi connectivity index (χ2v) is 7.93. The molecule has 1 aliphatic heterocycles. The van der Waals surface area contributed by atoms with Crippen molar-refractivity contribution in [3.05, 3.63) is 66.4 Å². The van der Waals surface area contributed by atoms with Crippen molar-refractivity contribution in [2.75, 3.05) is 38.2 Å². The number of carbonyl (C=O) groups is 2. The van der Waals surface area contributed by atoms with Gasteiger partial charge < -0.3 is 14.8 Å². The Labute approximate surface area is 204 Å². The van der Waals surface area contributed by atoms with Crippen LogP contribution < -0.4 is 10.1 Å². The summed E-state index contributed by atoms with van der Waals surface area (Å²) in [6.45, 7) is 1.94. The van der Waals surface area contributed by atoms with Gasteiger partial charge in [0.25, 0.3) is 0 Å². The minimum absolute atomic E-state index is 0.0358. The fourth-order valence-corrected chi connectivity index (χ4v) is 3.54. The molecule has 1 aromatic carbocycles. The SMILES string of the molecule is O=C(CN1CCOCC1)Nc1cc(C(=O)Cc2cnc(-c3cccnc3)cn2)ccc1OC(F)(F)F. The number of halogens is 3. The van der Waals surface area contributed by atoms with Crippen molar-refractivity contribution < 1.29 is 32.2 Å². The van der Waals surface area contributed by atoms with Gasteiger partial charge in [0.1, 0.15) is 0 Å². The van der Waals surface area contributed by atoms with Crippen LogP contribution in [0.2, 0.25) is 0 Å². The number of rotatable bonds is 8. The van der Waals surface area contributed by atoms with Gasteiger partial charge in [-0.05, 0) is 30.3 Å². The molecule has 0 aliphatic carbocycles. The summed E-state index contributed by atoms with van der Waals surface area (Å²) in [7, 11) is 0. The van der Waals surface area contributed by atoms with Gasteiger partial charge in [0.2, 0.25) is 5.91 Å². The second kappa shape index (κ2) is 11.2. The summed E-state index contributed by atoms with van der Waals surface area (Å²) < 4.78 is 47.9. The van der Waals surface area contributed by atoms with Crippen LogP contribution in [0.4, 0.5) is 18.9 Å². The molecule has 0 radical (unpaired) electrons. The maximum Gasteiger partial charge on any atom is 0.573 e. The van der Waals surface area contributed by atoms with Crippen molar-refractivity contribution in [3.63, 3.8) is 0 Å². The van der Waals surface area contributed by atoms with Crippen LogP contribution in [0.15, 0.2) is 55.1 Å². The van der Waals surface area contributed by atoms with Crippen molar-refractivity contribution in [2.24, 2.45) is 0 Å². The monoisotopic (exact) mass is 501 g/mol. The smallest absolute Gasteiger partial charge is 0.404 e. The first-order chi connectivity index (χ1) is 17.3. The van der Waals surface area contributed by atoms with E-state index in [4.69, 9.17) is 4.74 Å². The highest BCUT2D eigenvalue weighted by molar-refractivity contribution is 6.00. The number of amides is 1. The van der Waals surface area contributed by atoms with Gasteiger partial charge in [-0.1, -0.05) is 0 Å². The number of nitrogens with zero attached hydrogens (tertiary/aromatic N) is 4. The molecule has 0 atom stereocenters. The van der Waals surface area contributed by atoms with E-state index in [1.807, 2.05) is 11.0 Å². The van der Waals surface area contributed by atoms with Gasteiger partial charge >= 0.3 is 6.36 Å². The molecule has 3 aromatic rings. The molecule has 1 N–H and O–H groups in total. The van der Waals surface area contributed by atoms with Crippen LogP contribution in [0.1, 0.15) is 16.1 Å². The van der Waals surface area contributed by atoms with Crippen LogP contribution in [0.3, 0.4) is 0 Å². The minimum atomic E-state index is -4.97. The molecular formula is C24H22F3N5O4. The van der Waals surface area contributed by atoms with E-state index in [0.29, 0.717) is 37.7 Å². The van der Waals surface area contributed by atoms with Crippen molar-refractivity contribution in [2.45, 2.75) is 12.8 Å². The summed E-state index contributed by atoms with van der Waals surface area (Å²) in [6.07, 6.45) is 1.12. The van der Waals surface area contributed by atoms with Gasteiger partial charge in [0, 0.05) is 42.8 Å². The molecule has 9 nitrogen and oxygen atoms in total. The molecule has 1 fully saturated rings. The summed E-state index contributed by atoms with van der Waals surface area (Å²) >= 11 is 0. The van der Waals surface area contributed by atoms with Crippen molar-refractivity contribution in [1.29, 1.82) is 0 Å². The van der Waals surface area contributed by atoms with Gasteiger partial charge in [-0.15, -0.1) is 13.2 Å². The molecule has 0 unspecified atom stereocenters. The standard InChI is InChI=1S/C24H22F3N5O4/c25-24(26,27)36-22-4-3-16(10-19(22)31-23(34)15-32-6-8-35-9-7-32)21(33)11-18-13-30-20(14-29-18)17-2-1-5-28-12-17/h1-5,10,12-14H,6-9,11,15H2,(H,31,34). The number of ether oxygens (including phenoxy) is 2. The number of alkyl halides is 3. The van der Waals surface area contributed by atoms with Gasteiger partial charge in [-0.25, -0.2) is 0 Å². The number of aromatic nitrogens is 3. The number of ketones is 1. The Balaban J connectivity index is 1.48. The van der Waals surface area contributed by atoms with Gasteiger partial charge in [-0.3, -0.25) is 29.4 Å². The number of nitrogens with one attached hydrogen (secondary N) is 1. The Hall–Kier alpha value is -3.90. The van der Waals surface area contributed by atoms with Crippen LogP contribution in [0.5, 0.6) is 5.75 Å². The molecular weight excluding hydrogens is 479 g/mol. The lowest BCUT2D eigenvalue weighted by molar-refractivity contribution is -0.274. The predicted molar refractivity (Wildman–Crippen MR) is 122 cm³/mol. The maximum absolute atomic E-state index is 12.9. The van der Waals surface area contributed by atoms with E-state index in [9.17, 15) is 22.8 Å². The topological polar surface area (TPSA) is 107 Å². The quantitative estimate of drug-likeness (QED) is 0.470. The van der Waals surface area contributed by atoms with E-state index in [2.05, 4.69) is 25.0 Å². The third-order valence-electron chi connectivity index (χ3n) is 5.28. The van der Waals surface area contributed by atoms with Crippen LogP contribution in [-0.4, -0.2) is 70.8 Å². The zero-order valence-corrected chi connectivity index (χ0v) is 19.0. The van der Waals surface area contributed by atoms with Crippen LogP contribution in [0, 0.1) is 0 Å². The van der Waals surface area contributed by atoms with E-state index in [1.165, 1.54) is 18.5 Å². The second-order valence-electron chi connectivity index (χ2n) is 7.93. The molecule has 0 saturated carbocycles. The third kappa shape index (κ3) is 7.06. The number of pyridine rings is 1. The molecule has 1 aliphatic rings. The molecule has 36 heavy (non-hydrogen) atoms. The molecule has 2 aromatic heterocycles. The van der Waals surface area contributed by atoms with E-state index in [0.717, 1.165) is 17.7 Å². The molecule has 0 spiro atoms. The molecule has 1 saturated heterocycles. The first kappa shape index (κ1) is 25.2. The molecule has 12 heteroatoms. The van der Waals surface area contributed by atoms with Crippen LogP contribution >= 0.6 is 0 Å². The van der Waals surface area contributed by atoms with E-state index < -0.39 is 23.8 Å². The number of morpholine rings is 1. The highest BCUT2D eigenvalue weighted by Gasteiger charge is 2.32. The van der Waals surface area contributed by atoms with Crippen molar-refractivity contribution >= 4 is 17.4 Å². The first-order valence-electron chi connectivity index (χ1n) is 11.0. The van der Waals surface area contributed by atoms with Gasteiger partial charge in [0.15, 0.2) is 11.5 Å². The molecule has 0 bridgehead atoms. The van der Waals surface area contributed by atoms with Crippen molar-refractivity contribution in [1.82, 2.24) is 19.9 Å². The number of hydrogen-bond donors (Lipinski definition) is 1. The number of benzene rings is 1. The van der Waals surface area contributed by atoms with Crippen molar-refractivity contribution in [3.8, 4) is 17.0 Å². The highest BCUT2D eigenvalue weighted by Crippen LogP contribution is 2.31. The summed E-state index contributed by atoms with van der Waals surface area (Å²) in [6, 6.07) is 6.96. The summed E-state index contributed by atoms with van der Waals surface area (Å²) in [5.41, 5.74) is 1.55. The summed E-state index contributed by atoms with van der Waals surface area (Å²) in [5, 5.41) is 2.43. The Morgan fingerprint density at radius 3 is 2.56 bits per heavy atom. The van der Waals surface area contributed by atoms with Gasteiger partial charge in [0.05, 0.1) is 49.5 Å². The fraction of sp³-hybridized carbons (Fsp3) is 0.292. The van der Waals surface area contributed by atoms with E-state index in [1.54, 1.807) is 18.5 Å². The largest absolute Gasteiger partial charge is 0.573 e. The molecule has 1 amide bonds. The zero-order valence-electron chi connectivity index (χ0n) is 19.0. The average Bonchev–Trinajstić information content (AvgIpc) is 2.86. The Morgan fingerprint density at radius 2 is 1.89 bits per heavy atom. The number of anilines is 1. The lowest BCUT2D eigenvalue weighted by Gasteiger charge is -2.26. The summed E-state index contributed by atoms with van der Waals surface area (Å²) in [4.78, 5) is 39.7. The number of hydrogen-bond acceptors (Lipinski definition) is 8. The minimum Gasteiger partial charge on any atom is -0.404 e. The van der Waals surface area contributed by atoms with Gasteiger partial charge in [-0.2, -0.15) is 0 Å². The first-order valence-corrected chi connectivity index (χ1v) is 11.0. The maximum atomic E-state index is 12.9. The zero-order chi connectivity index (χ0) is 25.5. The van der Waals surface area contributed by atoms with E-state index in [-0.39, 0.29) is 24.2 Å². The molecule has 188 valence electrons. The lowest BCUT2D eigenvalue weighted by Crippen LogP contribution is -2.41. The lowest BCUT2D eigenvalue weighted by atomic mass is 10.1. The Morgan fingerprint density at radius 1 is 1.08 bits per heavy atom. The predicted octanol–water partition coefficient (Wildman–Crippen LogP) is 3.13. The fourth-order valence-electron chi connectivity index (χ4n) is 3.54. The molecule has 4 rings (SSSR count). The Kier molecular flexibility index (Phi) is 7.86. The highest BCUT2D eigenvalue weighted by atomic mass is 19.4. The normalized spacial score (nSPS) is 14.3.